The molecule has 0 saturated carbocycles. The highest BCUT2D eigenvalue weighted by Gasteiger charge is 2.17. The first kappa shape index (κ1) is 11.7. The van der Waals surface area contributed by atoms with Gasteiger partial charge in [0.1, 0.15) is 0 Å². The van der Waals surface area contributed by atoms with Gasteiger partial charge in [-0.2, -0.15) is 0 Å². The van der Waals surface area contributed by atoms with Crippen LogP contribution in [0.4, 0.5) is 0 Å². The summed E-state index contributed by atoms with van der Waals surface area (Å²) >= 11 is 1.81. The molecule has 0 saturated heterocycles. The Morgan fingerprint density at radius 1 is 1.43 bits per heavy atom. The monoisotopic (exact) mass is 211 g/mol. The van der Waals surface area contributed by atoms with E-state index >= 15 is 0 Å². The third-order valence-electron chi connectivity index (χ3n) is 2.82. The molecule has 1 rings (SSSR count). The fraction of sp³-hybridized carbons (Fsp3) is 0.667. The zero-order valence-corrected chi connectivity index (χ0v) is 10.2. The highest BCUT2D eigenvalue weighted by atomic mass is 32.1. The third kappa shape index (κ3) is 2.58. The molecule has 0 fully saturated rings. The zero-order valence-electron chi connectivity index (χ0n) is 9.42. The van der Waals surface area contributed by atoms with Gasteiger partial charge in [-0.15, -0.1) is 11.3 Å². The first-order valence-corrected chi connectivity index (χ1v) is 6.40. The van der Waals surface area contributed by atoms with Gasteiger partial charge in [-0.3, -0.25) is 0 Å². The quantitative estimate of drug-likeness (QED) is 0.788. The van der Waals surface area contributed by atoms with Gasteiger partial charge in [0.2, 0.25) is 0 Å². The Balaban J connectivity index is 2.72. The Morgan fingerprint density at radius 3 is 2.71 bits per heavy atom. The van der Waals surface area contributed by atoms with Crippen LogP contribution < -0.4 is 5.73 Å². The molecule has 0 aliphatic rings. The molecule has 0 bridgehead atoms. The maximum atomic E-state index is 6.26. The maximum absolute atomic E-state index is 6.26. The Morgan fingerprint density at radius 2 is 2.14 bits per heavy atom. The Hall–Kier alpha value is -0.340. The summed E-state index contributed by atoms with van der Waals surface area (Å²) in [6.07, 6.45) is 3.55. The number of hydrogen-bond donors (Lipinski definition) is 1. The van der Waals surface area contributed by atoms with Gasteiger partial charge < -0.3 is 5.73 Å². The Labute approximate surface area is 91.3 Å². The van der Waals surface area contributed by atoms with Gasteiger partial charge in [-0.1, -0.05) is 27.2 Å². The minimum atomic E-state index is 0.241. The van der Waals surface area contributed by atoms with Gasteiger partial charge in [0.25, 0.3) is 0 Å². The van der Waals surface area contributed by atoms with Crippen LogP contribution in [0.1, 0.15) is 50.1 Å². The van der Waals surface area contributed by atoms with Crippen LogP contribution in [0.5, 0.6) is 0 Å². The van der Waals surface area contributed by atoms with E-state index in [0.717, 1.165) is 6.42 Å². The fourth-order valence-corrected chi connectivity index (χ4v) is 2.96. The van der Waals surface area contributed by atoms with Crippen molar-refractivity contribution < 1.29 is 0 Å². The molecule has 2 atom stereocenters. The van der Waals surface area contributed by atoms with Gasteiger partial charge in [0.15, 0.2) is 0 Å². The molecule has 14 heavy (non-hydrogen) atoms. The lowest BCUT2D eigenvalue weighted by Gasteiger charge is -2.19. The lowest BCUT2D eigenvalue weighted by molar-refractivity contribution is 0.437. The molecule has 0 spiro atoms. The average Bonchev–Trinajstić information content (AvgIpc) is 2.64. The third-order valence-corrected chi connectivity index (χ3v) is 3.88. The SMILES string of the molecule is CCCC(C)C(N)c1sccc1CC. The topological polar surface area (TPSA) is 26.0 Å². The van der Waals surface area contributed by atoms with Crippen molar-refractivity contribution in [2.45, 2.75) is 46.1 Å². The zero-order chi connectivity index (χ0) is 10.6. The lowest BCUT2D eigenvalue weighted by Crippen LogP contribution is -2.18. The minimum absolute atomic E-state index is 0.241. The summed E-state index contributed by atoms with van der Waals surface area (Å²) in [4.78, 5) is 1.40. The summed E-state index contributed by atoms with van der Waals surface area (Å²) in [5.41, 5.74) is 7.69. The molecule has 0 aromatic carbocycles. The number of aryl methyl sites for hydroxylation is 1. The summed E-state index contributed by atoms with van der Waals surface area (Å²) < 4.78 is 0. The molecule has 0 aliphatic heterocycles. The van der Waals surface area contributed by atoms with Crippen molar-refractivity contribution in [1.29, 1.82) is 0 Å². The normalized spacial score (nSPS) is 15.4. The summed E-state index contributed by atoms with van der Waals surface area (Å²) in [7, 11) is 0. The second-order valence-corrected chi connectivity index (χ2v) is 4.90. The number of thiophene rings is 1. The van der Waals surface area contributed by atoms with Crippen LogP contribution in [-0.4, -0.2) is 0 Å². The summed E-state index contributed by atoms with van der Waals surface area (Å²) in [5, 5.41) is 2.16. The van der Waals surface area contributed by atoms with Crippen molar-refractivity contribution in [1.82, 2.24) is 0 Å². The first-order valence-electron chi connectivity index (χ1n) is 5.52. The molecule has 2 heteroatoms. The number of nitrogens with two attached hydrogens (primary N) is 1. The van der Waals surface area contributed by atoms with Crippen molar-refractivity contribution in [2.75, 3.05) is 0 Å². The maximum Gasteiger partial charge on any atom is 0.0418 e. The molecule has 0 aliphatic carbocycles. The van der Waals surface area contributed by atoms with E-state index in [9.17, 15) is 0 Å². The molecule has 1 nitrogen and oxygen atoms in total. The van der Waals surface area contributed by atoms with E-state index in [4.69, 9.17) is 5.73 Å². The average molecular weight is 211 g/mol. The molecule has 1 aromatic rings. The van der Waals surface area contributed by atoms with Crippen LogP contribution in [-0.2, 0) is 6.42 Å². The second-order valence-electron chi connectivity index (χ2n) is 3.96. The standard InChI is InChI=1S/C12H21NS/c1-4-6-9(3)11(13)12-10(5-2)7-8-14-12/h7-9,11H,4-6,13H2,1-3H3. The van der Waals surface area contributed by atoms with E-state index in [1.54, 1.807) is 0 Å². The second kappa shape index (κ2) is 5.52. The van der Waals surface area contributed by atoms with Crippen molar-refractivity contribution in [3.63, 3.8) is 0 Å². The lowest BCUT2D eigenvalue weighted by atomic mass is 9.94. The number of rotatable bonds is 5. The predicted octanol–water partition coefficient (Wildman–Crippen LogP) is 3.75. The fourth-order valence-electron chi connectivity index (χ4n) is 1.83. The van der Waals surface area contributed by atoms with E-state index in [1.165, 1.54) is 23.3 Å². The molecule has 80 valence electrons. The largest absolute Gasteiger partial charge is 0.323 e. The molecule has 0 amide bonds. The van der Waals surface area contributed by atoms with Crippen LogP contribution in [0.25, 0.3) is 0 Å². The van der Waals surface area contributed by atoms with Gasteiger partial charge in [-0.25, -0.2) is 0 Å². The molecule has 2 N–H and O–H groups in total. The molecule has 1 heterocycles. The molecular formula is C12H21NS. The van der Waals surface area contributed by atoms with E-state index in [2.05, 4.69) is 32.2 Å². The van der Waals surface area contributed by atoms with Gasteiger partial charge in [0.05, 0.1) is 0 Å². The predicted molar refractivity (Wildman–Crippen MR) is 64.7 cm³/mol. The van der Waals surface area contributed by atoms with Gasteiger partial charge in [0, 0.05) is 10.9 Å². The summed E-state index contributed by atoms with van der Waals surface area (Å²) in [6.45, 7) is 6.68. The molecule has 2 unspecified atom stereocenters. The van der Waals surface area contributed by atoms with E-state index in [0.29, 0.717) is 5.92 Å². The van der Waals surface area contributed by atoms with Crippen LogP contribution in [0, 0.1) is 5.92 Å². The highest BCUT2D eigenvalue weighted by Crippen LogP contribution is 2.30. The van der Waals surface area contributed by atoms with Crippen molar-refractivity contribution in [3.8, 4) is 0 Å². The smallest absolute Gasteiger partial charge is 0.0418 e. The van der Waals surface area contributed by atoms with Crippen LogP contribution in [0.15, 0.2) is 11.4 Å². The first-order chi connectivity index (χ1) is 6.70. The van der Waals surface area contributed by atoms with Crippen LogP contribution in [0.3, 0.4) is 0 Å². The summed E-state index contributed by atoms with van der Waals surface area (Å²) in [5.74, 6) is 0.601. The van der Waals surface area contributed by atoms with Crippen molar-refractivity contribution in [2.24, 2.45) is 11.7 Å². The molecular weight excluding hydrogens is 190 g/mol. The van der Waals surface area contributed by atoms with Crippen molar-refractivity contribution in [3.05, 3.63) is 21.9 Å². The highest BCUT2D eigenvalue weighted by molar-refractivity contribution is 7.10. The van der Waals surface area contributed by atoms with Crippen molar-refractivity contribution >= 4 is 11.3 Å². The molecule has 1 aromatic heterocycles. The minimum Gasteiger partial charge on any atom is -0.323 e. The van der Waals surface area contributed by atoms with Gasteiger partial charge >= 0.3 is 0 Å². The Bertz CT molecular complexity index is 267. The Kier molecular flexibility index (Phi) is 4.63. The van der Waals surface area contributed by atoms with Gasteiger partial charge in [-0.05, 0) is 35.8 Å². The van der Waals surface area contributed by atoms with E-state index in [-0.39, 0.29) is 6.04 Å². The number of hydrogen-bond acceptors (Lipinski definition) is 2. The van der Waals surface area contributed by atoms with E-state index < -0.39 is 0 Å². The molecule has 0 radical (unpaired) electrons. The van der Waals surface area contributed by atoms with E-state index in [1.807, 2.05) is 11.3 Å². The van der Waals surface area contributed by atoms with Crippen LogP contribution >= 0.6 is 11.3 Å². The van der Waals surface area contributed by atoms with Crippen LogP contribution in [0.2, 0.25) is 0 Å². The summed E-state index contributed by atoms with van der Waals surface area (Å²) in [6, 6.07) is 2.45.